The minimum absolute atomic E-state index is 0.0781. The molecule has 0 spiro atoms. The summed E-state index contributed by atoms with van der Waals surface area (Å²) in [5, 5.41) is 0. The summed E-state index contributed by atoms with van der Waals surface area (Å²) in [4.78, 5) is 11.2. The number of carbonyl (C=O) groups excluding carboxylic acids is 1. The van der Waals surface area contributed by atoms with Gasteiger partial charge >= 0.3 is 5.97 Å². The fourth-order valence-corrected chi connectivity index (χ4v) is 6.18. The van der Waals surface area contributed by atoms with Gasteiger partial charge in [0.15, 0.2) is 19.7 Å². The molecule has 1 rings (SSSR count). The van der Waals surface area contributed by atoms with Gasteiger partial charge in [0, 0.05) is 5.57 Å². The number of ether oxygens (including phenoxy) is 1. The van der Waals surface area contributed by atoms with E-state index in [4.69, 9.17) is 4.74 Å². The second kappa shape index (κ2) is 4.65. The molecule has 0 aromatic rings. The zero-order chi connectivity index (χ0) is 14.2. The van der Waals surface area contributed by atoms with Crippen LogP contribution in [-0.2, 0) is 29.2 Å². The maximum atomic E-state index is 11.9. The summed E-state index contributed by atoms with van der Waals surface area (Å²) in [7, 11) is -7.69. The molecule has 1 heterocycles. The van der Waals surface area contributed by atoms with Crippen molar-refractivity contribution >= 4 is 25.6 Å². The van der Waals surface area contributed by atoms with Gasteiger partial charge in [0.2, 0.25) is 4.08 Å². The number of sulfone groups is 2. The minimum atomic E-state index is -3.85. The van der Waals surface area contributed by atoms with Crippen LogP contribution in [0.25, 0.3) is 0 Å². The van der Waals surface area contributed by atoms with Gasteiger partial charge in [-0.2, -0.15) is 0 Å². The molecule has 0 aliphatic carbocycles. The van der Waals surface area contributed by atoms with E-state index in [2.05, 4.69) is 6.58 Å². The first kappa shape index (κ1) is 15.2. The number of rotatable bonds is 3. The molecule has 0 aromatic heterocycles. The highest BCUT2D eigenvalue weighted by Crippen LogP contribution is 2.32. The topological polar surface area (TPSA) is 94.6 Å². The first-order valence-corrected chi connectivity index (χ1v) is 8.61. The summed E-state index contributed by atoms with van der Waals surface area (Å²) >= 11 is 0. The molecule has 1 aliphatic heterocycles. The van der Waals surface area contributed by atoms with Crippen molar-refractivity contribution in [2.45, 2.75) is 24.3 Å². The van der Waals surface area contributed by atoms with Crippen molar-refractivity contribution in [3.63, 3.8) is 0 Å². The molecule has 0 atom stereocenters. The molecule has 8 heteroatoms. The Balaban J connectivity index is 3.07. The third kappa shape index (κ3) is 2.44. The second-order valence-electron chi connectivity index (χ2n) is 4.48. The molecule has 0 aromatic carbocycles. The molecule has 0 unspecified atom stereocenters. The van der Waals surface area contributed by atoms with Gasteiger partial charge in [-0.15, -0.1) is 0 Å². The summed E-state index contributed by atoms with van der Waals surface area (Å²) in [6.07, 6.45) is 0.0781. The standard InChI is InChI=1S/C10H16O6S2/c1-8(2)9(11)16-7-10(3)17(12,13)5-4-6-18(10,14)15/h1,4-7H2,2-3H3. The van der Waals surface area contributed by atoms with E-state index in [1.165, 1.54) is 6.92 Å². The average Bonchev–Trinajstić information content (AvgIpc) is 2.22. The SMILES string of the molecule is C=C(C)C(=O)OCC1(C)S(=O)(=O)CCCS1(=O)=O. The third-order valence-corrected chi connectivity index (χ3v) is 9.00. The maximum Gasteiger partial charge on any atom is 0.333 e. The van der Waals surface area contributed by atoms with Crippen molar-refractivity contribution in [3.8, 4) is 0 Å². The Morgan fingerprint density at radius 3 is 2.06 bits per heavy atom. The van der Waals surface area contributed by atoms with Gasteiger partial charge in [-0.3, -0.25) is 0 Å². The lowest BCUT2D eigenvalue weighted by Gasteiger charge is -2.32. The van der Waals surface area contributed by atoms with Crippen molar-refractivity contribution < 1.29 is 26.4 Å². The van der Waals surface area contributed by atoms with Gasteiger partial charge in [0.05, 0.1) is 11.5 Å². The monoisotopic (exact) mass is 296 g/mol. The molecule has 0 amide bonds. The van der Waals surface area contributed by atoms with Crippen molar-refractivity contribution in [2.75, 3.05) is 18.1 Å². The Morgan fingerprint density at radius 2 is 1.67 bits per heavy atom. The number of hydrogen-bond acceptors (Lipinski definition) is 6. The Labute approximate surface area is 107 Å². The molecular formula is C10H16O6S2. The van der Waals surface area contributed by atoms with Crippen LogP contribution in [0.4, 0.5) is 0 Å². The molecule has 6 nitrogen and oxygen atoms in total. The highest BCUT2D eigenvalue weighted by molar-refractivity contribution is 8.10. The van der Waals surface area contributed by atoms with Crippen LogP contribution in [0.15, 0.2) is 12.2 Å². The van der Waals surface area contributed by atoms with E-state index in [-0.39, 0.29) is 23.5 Å². The van der Waals surface area contributed by atoms with Crippen LogP contribution in [0.1, 0.15) is 20.3 Å². The van der Waals surface area contributed by atoms with E-state index in [1.54, 1.807) is 0 Å². The highest BCUT2D eigenvalue weighted by Gasteiger charge is 2.54. The number of carbonyl (C=O) groups is 1. The van der Waals surface area contributed by atoms with Crippen molar-refractivity contribution in [2.24, 2.45) is 0 Å². The quantitative estimate of drug-likeness (QED) is 0.540. The Kier molecular flexibility index (Phi) is 3.92. The molecule has 0 N–H and O–H groups in total. The first-order chi connectivity index (χ1) is 8.03. The molecular weight excluding hydrogens is 280 g/mol. The molecule has 0 radical (unpaired) electrons. The lowest BCUT2D eigenvalue weighted by atomic mass is 10.4. The normalized spacial score (nSPS) is 24.1. The Hall–Kier alpha value is -0.890. The van der Waals surface area contributed by atoms with Crippen LogP contribution >= 0.6 is 0 Å². The zero-order valence-electron chi connectivity index (χ0n) is 10.3. The van der Waals surface area contributed by atoms with Gasteiger partial charge in [0.1, 0.15) is 6.61 Å². The van der Waals surface area contributed by atoms with Crippen LogP contribution < -0.4 is 0 Å². The molecule has 1 aliphatic rings. The van der Waals surface area contributed by atoms with E-state index < -0.39 is 36.3 Å². The fourth-order valence-electron chi connectivity index (χ4n) is 1.56. The lowest BCUT2D eigenvalue weighted by molar-refractivity contribution is -0.139. The summed E-state index contributed by atoms with van der Waals surface area (Å²) in [5.74, 6) is -1.23. The highest BCUT2D eigenvalue weighted by atomic mass is 32.3. The predicted molar refractivity (Wildman–Crippen MR) is 66.4 cm³/mol. The molecule has 104 valence electrons. The van der Waals surface area contributed by atoms with E-state index in [1.807, 2.05) is 0 Å². The van der Waals surface area contributed by atoms with Crippen molar-refractivity contribution in [1.82, 2.24) is 0 Å². The number of hydrogen-bond donors (Lipinski definition) is 0. The molecule has 1 saturated heterocycles. The summed E-state index contributed by atoms with van der Waals surface area (Å²) in [6.45, 7) is 5.13. The summed E-state index contributed by atoms with van der Waals surface area (Å²) in [6, 6.07) is 0. The number of esters is 1. The van der Waals surface area contributed by atoms with Gasteiger partial charge < -0.3 is 4.74 Å². The van der Waals surface area contributed by atoms with E-state index in [9.17, 15) is 21.6 Å². The van der Waals surface area contributed by atoms with Gasteiger partial charge in [0.25, 0.3) is 0 Å². The molecule has 0 saturated carbocycles. The second-order valence-corrected chi connectivity index (χ2v) is 9.82. The molecule has 0 bridgehead atoms. The van der Waals surface area contributed by atoms with E-state index in [0.717, 1.165) is 6.92 Å². The smallest absolute Gasteiger partial charge is 0.333 e. The lowest BCUT2D eigenvalue weighted by Crippen LogP contribution is -2.53. The van der Waals surface area contributed by atoms with Gasteiger partial charge in [-0.1, -0.05) is 6.58 Å². The average molecular weight is 296 g/mol. The van der Waals surface area contributed by atoms with Crippen LogP contribution in [0.5, 0.6) is 0 Å². The van der Waals surface area contributed by atoms with Crippen molar-refractivity contribution in [3.05, 3.63) is 12.2 Å². The zero-order valence-corrected chi connectivity index (χ0v) is 11.9. The Bertz CT molecular complexity index is 535. The van der Waals surface area contributed by atoms with Crippen molar-refractivity contribution in [1.29, 1.82) is 0 Å². The summed E-state index contributed by atoms with van der Waals surface area (Å²) < 4.78 is 50.3. The van der Waals surface area contributed by atoms with Gasteiger partial charge in [-0.05, 0) is 20.3 Å². The van der Waals surface area contributed by atoms with Crippen LogP contribution in [0, 0.1) is 0 Å². The van der Waals surface area contributed by atoms with E-state index >= 15 is 0 Å². The van der Waals surface area contributed by atoms with Crippen LogP contribution in [0.3, 0.4) is 0 Å². The molecule has 1 fully saturated rings. The summed E-state index contributed by atoms with van der Waals surface area (Å²) in [5.41, 5.74) is 0.0872. The fraction of sp³-hybridized carbons (Fsp3) is 0.700. The van der Waals surface area contributed by atoms with E-state index in [0.29, 0.717) is 0 Å². The molecule has 18 heavy (non-hydrogen) atoms. The maximum absolute atomic E-state index is 11.9. The largest absolute Gasteiger partial charge is 0.460 e. The minimum Gasteiger partial charge on any atom is -0.460 e. The first-order valence-electron chi connectivity index (χ1n) is 5.31. The Morgan fingerprint density at radius 1 is 1.22 bits per heavy atom. The predicted octanol–water partition coefficient (Wildman–Crippen LogP) is 0.0552. The van der Waals surface area contributed by atoms with Crippen LogP contribution in [-0.4, -0.2) is 45.0 Å². The van der Waals surface area contributed by atoms with Gasteiger partial charge in [-0.25, -0.2) is 21.6 Å². The third-order valence-electron chi connectivity index (χ3n) is 2.96. The van der Waals surface area contributed by atoms with Crippen LogP contribution in [0.2, 0.25) is 0 Å².